The largest absolute Gasteiger partial charge is 0.502 e. The minimum atomic E-state index is -4.81. The predicted octanol–water partition coefficient (Wildman–Crippen LogP) is 5.76. The summed E-state index contributed by atoms with van der Waals surface area (Å²) in [5.74, 6) is -7.33. The van der Waals surface area contributed by atoms with Gasteiger partial charge in [-0.05, 0) is 67.6 Å². The lowest BCUT2D eigenvalue weighted by atomic mass is 9.51. The second kappa shape index (κ2) is 12.0. The number of aromatic nitrogens is 1. The number of nitrogens with zero attached hydrogens (tertiary/aromatic N) is 4. The zero-order chi connectivity index (χ0) is 36.7. The number of anilines is 2. The number of phenolic OH excluding ortho intramolecular Hbond substituents is 1. The van der Waals surface area contributed by atoms with E-state index >= 15 is 0 Å². The lowest BCUT2D eigenvalue weighted by Gasteiger charge is -2.49. The minimum absolute atomic E-state index is 0.0411. The molecule has 1 saturated carbocycles. The molecule has 1 aromatic heterocycles. The number of phenols is 1. The highest BCUT2D eigenvalue weighted by Gasteiger charge is 2.68. The molecule has 6 atom stereocenters. The number of amides is 4. The zero-order valence-corrected chi connectivity index (χ0v) is 28.5. The number of fused-ring (bicyclic) bond motifs is 4. The molecule has 0 spiro atoms. The van der Waals surface area contributed by atoms with Gasteiger partial charge in [0.15, 0.2) is 17.3 Å². The van der Waals surface area contributed by atoms with Crippen molar-refractivity contribution < 1.29 is 46.9 Å². The molecular weight excluding hydrogens is 693 g/mol. The molecule has 11 nitrogen and oxygen atoms in total. The molecule has 3 fully saturated rings. The van der Waals surface area contributed by atoms with Gasteiger partial charge in [-0.3, -0.25) is 24.2 Å². The van der Waals surface area contributed by atoms with Crippen LogP contribution in [0.1, 0.15) is 36.9 Å². The van der Waals surface area contributed by atoms with Gasteiger partial charge in [0, 0.05) is 13.0 Å². The maximum Gasteiger partial charge on any atom is 0.433 e. The molecule has 7 rings (SSSR count). The van der Waals surface area contributed by atoms with Gasteiger partial charge in [-0.25, -0.2) is 9.88 Å². The molecule has 0 bridgehead atoms. The Balaban J connectivity index is 1.35. The van der Waals surface area contributed by atoms with Crippen molar-refractivity contribution in [2.24, 2.45) is 29.1 Å². The number of ether oxygens (including phenoxy) is 2. The summed E-state index contributed by atoms with van der Waals surface area (Å²) < 4.78 is 51.7. The highest BCUT2D eigenvalue weighted by Crippen LogP contribution is 2.64. The minimum Gasteiger partial charge on any atom is -0.502 e. The van der Waals surface area contributed by atoms with Crippen LogP contribution in [0, 0.1) is 29.1 Å². The fourth-order valence-electron chi connectivity index (χ4n) is 8.49. The Bertz CT molecular complexity index is 2000. The van der Waals surface area contributed by atoms with Gasteiger partial charge < -0.3 is 14.6 Å². The predicted molar refractivity (Wildman–Crippen MR) is 177 cm³/mol. The van der Waals surface area contributed by atoms with Crippen LogP contribution in [0.2, 0.25) is 5.02 Å². The Kier molecular flexibility index (Phi) is 8.08. The summed E-state index contributed by atoms with van der Waals surface area (Å²) >= 11 is 6.25. The number of hydrazine groups is 1. The van der Waals surface area contributed by atoms with E-state index in [4.69, 9.17) is 21.1 Å². The fourth-order valence-corrected chi connectivity index (χ4v) is 8.72. The summed E-state index contributed by atoms with van der Waals surface area (Å²) in [4.78, 5) is 62.2. The number of benzene rings is 2. The zero-order valence-electron chi connectivity index (χ0n) is 27.8. The standard InChI is InChI=1S/C36H32ClF3N4O7/c1-35-22(32(47)43(34(35)49)18-8-6-5-7-9-18)16-21-19(28(35)17-14-24(50-3)29(45)25(15-17)51-4)10-11-20-27(21)33(48)44(31(20)46)42(2)30-23(37)12-13-26(41-30)36(38,39)40/h5-10,12-15,20-22,27-28,45H,11,16H2,1-4H3. The van der Waals surface area contributed by atoms with Crippen LogP contribution in [-0.2, 0) is 25.4 Å². The Labute approximate surface area is 295 Å². The van der Waals surface area contributed by atoms with Crippen molar-refractivity contribution in [3.63, 3.8) is 0 Å². The number of hydrogen-bond donors (Lipinski definition) is 1. The first-order valence-electron chi connectivity index (χ1n) is 16.1. The number of methoxy groups -OCH3 is 2. The van der Waals surface area contributed by atoms with Crippen LogP contribution in [0.3, 0.4) is 0 Å². The SMILES string of the molecule is COc1cc(C2C3=CCC4C(=O)N(N(C)c5nc(C(F)(F)F)ccc5Cl)C(=O)C4C3CC3C(=O)N(c4ccccc4)C(=O)C32C)cc(OC)c1O. The van der Waals surface area contributed by atoms with Crippen LogP contribution in [0.25, 0.3) is 0 Å². The number of allylic oxidation sites excluding steroid dienone is 2. The maximum absolute atomic E-state index is 14.6. The van der Waals surface area contributed by atoms with Crippen LogP contribution in [-0.4, -0.2) is 60.0 Å². The van der Waals surface area contributed by atoms with Crippen molar-refractivity contribution in [2.75, 3.05) is 31.2 Å². The molecule has 3 aromatic rings. The van der Waals surface area contributed by atoms with Gasteiger partial charge in [0.05, 0.1) is 48.1 Å². The van der Waals surface area contributed by atoms with E-state index in [1.807, 2.05) is 6.08 Å². The van der Waals surface area contributed by atoms with Crippen molar-refractivity contribution >= 4 is 46.7 Å². The number of pyridine rings is 1. The van der Waals surface area contributed by atoms with Gasteiger partial charge in [0.2, 0.25) is 17.6 Å². The molecule has 2 saturated heterocycles. The van der Waals surface area contributed by atoms with Crippen LogP contribution in [0.15, 0.2) is 66.2 Å². The molecule has 3 heterocycles. The first-order chi connectivity index (χ1) is 24.1. The summed E-state index contributed by atoms with van der Waals surface area (Å²) in [6.45, 7) is 1.71. The molecule has 2 aliphatic heterocycles. The summed E-state index contributed by atoms with van der Waals surface area (Å²) in [5.41, 5.74) is -1.14. The lowest BCUT2D eigenvalue weighted by molar-refractivity contribution is -0.141. The van der Waals surface area contributed by atoms with E-state index in [2.05, 4.69) is 4.98 Å². The normalized spacial score (nSPS) is 27.2. The van der Waals surface area contributed by atoms with Gasteiger partial charge in [0.1, 0.15) is 5.69 Å². The van der Waals surface area contributed by atoms with E-state index in [1.165, 1.54) is 21.3 Å². The van der Waals surface area contributed by atoms with E-state index in [9.17, 15) is 37.5 Å². The van der Waals surface area contributed by atoms with E-state index in [0.29, 0.717) is 22.9 Å². The second-order valence-electron chi connectivity index (χ2n) is 13.3. The number of hydrogen-bond acceptors (Lipinski definition) is 9. The Morgan fingerprint density at radius 2 is 1.61 bits per heavy atom. The highest BCUT2D eigenvalue weighted by molar-refractivity contribution is 6.33. The highest BCUT2D eigenvalue weighted by atomic mass is 35.5. The van der Waals surface area contributed by atoms with Crippen LogP contribution >= 0.6 is 11.6 Å². The number of rotatable bonds is 6. The first-order valence-corrected chi connectivity index (χ1v) is 16.5. The smallest absolute Gasteiger partial charge is 0.433 e. The molecule has 51 heavy (non-hydrogen) atoms. The number of carbonyl (C=O) groups is 4. The molecule has 266 valence electrons. The maximum atomic E-state index is 14.6. The third kappa shape index (κ3) is 4.97. The summed E-state index contributed by atoms with van der Waals surface area (Å²) in [5, 5.41) is 12.3. The van der Waals surface area contributed by atoms with Crippen LogP contribution in [0.5, 0.6) is 17.2 Å². The quantitative estimate of drug-likeness (QED) is 0.249. The number of alkyl halides is 3. The molecule has 0 radical (unpaired) electrons. The number of para-hydroxylation sites is 1. The molecule has 4 amide bonds. The Morgan fingerprint density at radius 3 is 2.22 bits per heavy atom. The Hall–Kier alpha value is -5.11. The molecule has 1 N–H and O–H groups in total. The van der Waals surface area contributed by atoms with E-state index < -0.39 is 76.3 Å². The third-order valence-electron chi connectivity index (χ3n) is 10.8. The molecule has 15 heteroatoms. The van der Waals surface area contributed by atoms with Crippen molar-refractivity contribution in [1.82, 2.24) is 9.99 Å². The summed E-state index contributed by atoms with van der Waals surface area (Å²) in [7, 11) is 3.96. The number of aromatic hydroxyl groups is 1. The monoisotopic (exact) mass is 724 g/mol. The van der Waals surface area contributed by atoms with Gasteiger partial charge in [-0.1, -0.05) is 41.4 Å². The average molecular weight is 725 g/mol. The lowest BCUT2D eigenvalue weighted by Crippen LogP contribution is -2.49. The molecule has 2 aliphatic carbocycles. The van der Waals surface area contributed by atoms with Crippen molar-refractivity contribution in [2.45, 2.75) is 31.9 Å². The molecule has 4 aliphatic rings. The van der Waals surface area contributed by atoms with E-state index in [1.54, 1.807) is 49.4 Å². The third-order valence-corrected chi connectivity index (χ3v) is 11.1. The second-order valence-corrected chi connectivity index (χ2v) is 13.7. The summed E-state index contributed by atoms with van der Waals surface area (Å²) in [6.07, 6.45) is -2.88. The fraction of sp³-hybridized carbons (Fsp3) is 0.361. The number of carbonyl (C=O) groups excluding carboxylic acids is 4. The van der Waals surface area contributed by atoms with Gasteiger partial charge in [-0.2, -0.15) is 18.2 Å². The Morgan fingerprint density at radius 1 is 0.961 bits per heavy atom. The van der Waals surface area contributed by atoms with Gasteiger partial charge >= 0.3 is 6.18 Å². The molecular formula is C36H32ClF3N4O7. The first kappa shape index (κ1) is 34.3. The topological polar surface area (TPSA) is 130 Å². The number of halogens is 4. The van der Waals surface area contributed by atoms with Crippen molar-refractivity contribution in [3.05, 3.63) is 82.5 Å². The summed E-state index contributed by atoms with van der Waals surface area (Å²) in [6, 6.07) is 13.3. The van der Waals surface area contributed by atoms with Gasteiger partial charge in [-0.15, -0.1) is 0 Å². The van der Waals surface area contributed by atoms with Crippen molar-refractivity contribution in [1.29, 1.82) is 0 Å². The number of imide groups is 2. The van der Waals surface area contributed by atoms with Crippen LogP contribution < -0.4 is 19.4 Å². The van der Waals surface area contributed by atoms with Crippen LogP contribution in [0.4, 0.5) is 24.7 Å². The molecule has 2 aromatic carbocycles. The molecule has 6 unspecified atom stereocenters. The van der Waals surface area contributed by atoms with E-state index in [0.717, 1.165) is 21.0 Å². The van der Waals surface area contributed by atoms with Crippen molar-refractivity contribution in [3.8, 4) is 17.2 Å². The average Bonchev–Trinajstić information content (AvgIpc) is 3.47. The van der Waals surface area contributed by atoms with E-state index in [-0.39, 0.29) is 35.1 Å². The van der Waals surface area contributed by atoms with Gasteiger partial charge in [0.25, 0.3) is 11.8 Å².